The highest BCUT2D eigenvalue weighted by Crippen LogP contribution is 2.67. The highest BCUT2D eigenvalue weighted by atomic mass is 32.2. The van der Waals surface area contributed by atoms with Crippen LogP contribution in [-0.2, 0) is 28.6 Å². The number of rotatable bonds is 7. The van der Waals surface area contributed by atoms with Crippen molar-refractivity contribution in [1.29, 1.82) is 0 Å². The van der Waals surface area contributed by atoms with Gasteiger partial charge in [-0.05, 0) is 111 Å². The third kappa shape index (κ3) is 5.00. The van der Waals surface area contributed by atoms with Crippen LogP contribution in [-0.4, -0.2) is 33.4 Å². The Labute approximate surface area is 234 Å². The Morgan fingerprint density at radius 1 is 1.05 bits per heavy atom. The van der Waals surface area contributed by atoms with Gasteiger partial charge in [-0.2, -0.15) is 8.42 Å². The third-order valence-corrected chi connectivity index (χ3v) is 13.2. The number of benzene rings is 1. The Morgan fingerprint density at radius 2 is 1.77 bits per heavy atom. The molecule has 0 spiro atoms. The van der Waals surface area contributed by atoms with Crippen molar-refractivity contribution in [3.05, 3.63) is 29.8 Å². The molecule has 4 saturated carbocycles. The topological polar surface area (TPSA) is 86.7 Å². The molecule has 1 aromatic rings. The number of ketones is 1. The van der Waals surface area contributed by atoms with E-state index in [4.69, 9.17) is 8.92 Å². The van der Waals surface area contributed by atoms with Crippen molar-refractivity contribution in [1.82, 2.24) is 0 Å². The fourth-order valence-corrected chi connectivity index (χ4v) is 10.7. The lowest BCUT2D eigenvalue weighted by atomic mass is 9.44. The van der Waals surface area contributed by atoms with Crippen LogP contribution < -0.4 is 0 Å². The highest BCUT2D eigenvalue weighted by molar-refractivity contribution is 7.86. The van der Waals surface area contributed by atoms with E-state index in [0.717, 1.165) is 50.5 Å². The lowest BCUT2D eigenvalue weighted by Crippen LogP contribution is -2.57. The number of Topliss-reactive ketones (excluding diaryl/α,β-unsaturated/α-hetero) is 1. The number of aryl methyl sites for hydroxylation is 1. The van der Waals surface area contributed by atoms with Gasteiger partial charge >= 0.3 is 5.97 Å². The zero-order valence-corrected chi connectivity index (χ0v) is 25.1. The average molecular weight is 559 g/mol. The second kappa shape index (κ2) is 10.6. The minimum absolute atomic E-state index is 0.0436. The van der Waals surface area contributed by atoms with E-state index in [0.29, 0.717) is 60.6 Å². The number of carbonyl (C=O) groups is 2. The summed E-state index contributed by atoms with van der Waals surface area (Å²) in [4.78, 5) is 26.0. The smallest absolute Gasteiger partial charge is 0.305 e. The summed E-state index contributed by atoms with van der Waals surface area (Å²) in [7, 11) is -2.36. The Hall–Kier alpha value is -1.73. The number of esters is 1. The fourth-order valence-electron chi connectivity index (χ4n) is 9.54. The lowest BCUT2D eigenvalue weighted by Gasteiger charge is -2.60. The normalized spacial score (nSPS) is 38.8. The molecule has 0 radical (unpaired) electrons. The van der Waals surface area contributed by atoms with Crippen LogP contribution in [0.2, 0.25) is 0 Å². The van der Waals surface area contributed by atoms with Gasteiger partial charge in [0.2, 0.25) is 0 Å². The maximum absolute atomic E-state index is 14.0. The van der Waals surface area contributed by atoms with Crippen LogP contribution >= 0.6 is 0 Å². The molecule has 0 aliphatic heterocycles. The molecule has 0 heterocycles. The van der Waals surface area contributed by atoms with Gasteiger partial charge in [-0.15, -0.1) is 0 Å². The molecule has 1 aromatic carbocycles. The Morgan fingerprint density at radius 3 is 2.46 bits per heavy atom. The van der Waals surface area contributed by atoms with Crippen molar-refractivity contribution in [2.75, 3.05) is 7.11 Å². The first-order chi connectivity index (χ1) is 18.4. The maximum atomic E-state index is 14.0. The molecule has 0 saturated heterocycles. The number of methoxy groups -OCH3 is 1. The number of fused-ring (bicyclic) bond motifs is 5. The average Bonchev–Trinajstić information content (AvgIpc) is 3.26. The van der Waals surface area contributed by atoms with Crippen molar-refractivity contribution >= 4 is 21.9 Å². The molecule has 0 aromatic heterocycles. The summed E-state index contributed by atoms with van der Waals surface area (Å²) in [6, 6.07) is 6.85. The van der Waals surface area contributed by atoms with E-state index in [2.05, 4.69) is 20.8 Å². The molecule has 4 aliphatic carbocycles. The standard InChI is InChI=1S/C32H46O6S/c1-20-6-10-24(11-7-20)39(35,36)38-23-16-17-31(3)22(18-23)9-12-25-27-14-13-26(21(2)8-15-30(34)37-5)32(27,4)29(33)19-28(25)31/h6-7,10-11,21-23,25-28H,8-9,12-19H2,1-5H3/t21-,22+,23+,25-,26-,27+,28-,31-,32+/m0/s1. The summed E-state index contributed by atoms with van der Waals surface area (Å²) < 4.78 is 36.6. The van der Waals surface area contributed by atoms with Crippen molar-refractivity contribution in [3.8, 4) is 0 Å². The molecule has 6 nitrogen and oxygen atoms in total. The zero-order chi connectivity index (χ0) is 28.2. The largest absolute Gasteiger partial charge is 0.469 e. The first kappa shape index (κ1) is 28.8. The predicted molar refractivity (Wildman–Crippen MR) is 149 cm³/mol. The van der Waals surface area contributed by atoms with Crippen LogP contribution in [0.5, 0.6) is 0 Å². The van der Waals surface area contributed by atoms with Crippen molar-refractivity contribution in [2.45, 2.75) is 103 Å². The van der Waals surface area contributed by atoms with E-state index < -0.39 is 10.1 Å². The van der Waals surface area contributed by atoms with Crippen molar-refractivity contribution < 1.29 is 26.9 Å². The predicted octanol–water partition coefficient (Wildman–Crippen LogP) is 6.50. The molecular weight excluding hydrogens is 512 g/mol. The molecule has 0 N–H and O–H groups in total. The van der Waals surface area contributed by atoms with E-state index in [9.17, 15) is 18.0 Å². The van der Waals surface area contributed by atoms with Crippen LogP contribution in [0.25, 0.3) is 0 Å². The number of carbonyl (C=O) groups excluding carboxylic acids is 2. The first-order valence-corrected chi connectivity index (χ1v) is 16.4. The van der Waals surface area contributed by atoms with E-state index in [1.165, 1.54) is 7.11 Å². The highest BCUT2D eigenvalue weighted by Gasteiger charge is 2.64. The van der Waals surface area contributed by atoms with Gasteiger partial charge in [0.15, 0.2) is 0 Å². The Bertz CT molecular complexity index is 1190. The molecule has 5 rings (SSSR count). The molecule has 4 aliphatic rings. The lowest BCUT2D eigenvalue weighted by molar-refractivity contribution is -0.160. The summed E-state index contributed by atoms with van der Waals surface area (Å²) in [6.07, 6.45) is 8.22. The monoisotopic (exact) mass is 558 g/mol. The summed E-state index contributed by atoms with van der Waals surface area (Å²) in [5.74, 6) is 2.57. The van der Waals surface area contributed by atoms with Gasteiger partial charge in [0.25, 0.3) is 10.1 Å². The summed E-state index contributed by atoms with van der Waals surface area (Å²) >= 11 is 0. The van der Waals surface area contributed by atoms with Gasteiger partial charge in [-0.1, -0.05) is 38.5 Å². The molecule has 0 amide bonds. The minimum atomic E-state index is -3.80. The van der Waals surface area contributed by atoms with Gasteiger partial charge in [-0.25, -0.2) is 0 Å². The van der Waals surface area contributed by atoms with E-state index in [-0.39, 0.29) is 27.8 Å². The summed E-state index contributed by atoms with van der Waals surface area (Å²) in [6.45, 7) is 8.76. The van der Waals surface area contributed by atoms with Crippen LogP contribution in [0.1, 0.15) is 90.5 Å². The maximum Gasteiger partial charge on any atom is 0.305 e. The molecule has 7 heteroatoms. The van der Waals surface area contributed by atoms with Gasteiger partial charge in [0.1, 0.15) is 5.78 Å². The van der Waals surface area contributed by atoms with Crippen LogP contribution in [0, 0.1) is 53.3 Å². The van der Waals surface area contributed by atoms with Crippen LogP contribution in [0.4, 0.5) is 0 Å². The van der Waals surface area contributed by atoms with Gasteiger partial charge < -0.3 is 4.74 Å². The molecule has 0 unspecified atom stereocenters. The molecule has 216 valence electrons. The summed E-state index contributed by atoms with van der Waals surface area (Å²) in [5, 5.41) is 0. The van der Waals surface area contributed by atoms with Crippen LogP contribution in [0.15, 0.2) is 29.2 Å². The van der Waals surface area contributed by atoms with Crippen molar-refractivity contribution in [2.24, 2.45) is 46.3 Å². The molecule has 39 heavy (non-hydrogen) atoms. The quantitative estimate of drug-likeness (QED) is 0.281. The second-order valence-electron chi connectivity index (χ2n) is 13.6. The Balaban J connectivity index is 1.28. The SMILES string of the molecule is COC(=O)CC[C@H](C)[C@@H]1CC[C@@H]2[C@@H]3CC[C@@H]4C[C@H](OS(=O)(=O)c5ccc(C)cc5)CC[C@]4(C)[C@H]3CC(=O)[C@@]21C. The van der Waals surface area contributed by atoms with E-state index in [1.807, 2.05) is 6.92 Å². The molecule has 9 atom stereocenters. The molecular formula is C32H46O6S. The molecule has 4 fully saturated rings. The van der Waals surface area contributed by atoms with Crippen LogP contribution in [0.3, 0.4) is 0 Å². The van der Waals surface area contributed by atoms with Gasteiger partial charge in [-0.3, -0.25) is 13.8 Å². The Kier molecular flexibility index (Phi) is 7.82. The fraction of sp³-hybridized carbons (Fsp3) is 0.750. The third-order valence-electron chi connectivity index (χ3n) is 11.8. The van der Waals surface area contributed by atoms with Gasteiger partial charge in [0, 0.05) is 18.3 Å². The number of hydrogen-bond acceptors (Lipinski definition) is 6. The molecule has 0 bridgehead atoms. The first-order valence-electron chi connectivity index (χ1n) is 15.0. The van der Waals surface area contributed by atoms with Crippen molar-refractivity contribution in [3.63, 3.8) is 0 Å². The zero-order valence-electron chi connectivity index (χ0n) is 24.3. The number of hydrogen-bond donors (Lipinski definition) is 0. The summed E-state index contributed by atoms with van der Waals surface area (Å²) in [5.41, 5.74) is 0.756. The number of ether oxygens (including phenoxy) is 1. The minimum Gasteiger partial charge on any atom is -0.469 e. The van der Waals surface area contributed by atoms with E-state index >= 15 is 0 Å². The van der Waals surface area contributed by atoms with E-state index in [1.54, 1.807) is 24.3 Å². The van der Waals surface area contributed by atoms with Gasteiger partial charge in [0.05, 0.1) is 18.1 Å². The second-order valence-corrected chi connectivity index (χ2v) is 15.2.